The summed E-state index contributed by atoms with van der Waals surface area (Å²) in [6.07, 6.45) is 5.21. The number of likely N-dealkylation sites (tertiary alicyclic amines) is 1. The van der Waals surface area contributed by atoms with Crippen molar-refractivity contribution in [1.29, 1.82) is 0 Å². The lowest BCUT2D eigenvalue weighted by molar-refractivity contribution is -0.103. The molecule has 1 aliphatic heterocycles. The smallest absolute Gasteiger partial charge is 0.119 e. The Labute approximate surface area is 184 Å². The molecule has 2 N–H and O–H groups in total. The summed E-state index contributed by atoms with van der Waals surface area (Å²) >= 11 is 0. The van der Waals surface area contributed by atoms with Gasteiger partial charge in [0.15, 0.2) is 0 Å². The minimum atomic E-state index is -0.793. The van der Waals surface area contributed by atoms with Gasteiger partial charge in [-0.25, -0.2) is 0 Å². The van der Waals surface area contributed by atoms with Crippen molar-refractivity contribution in [2.75, 3.05) is 26.7 Å². The molecule has 0 amide bonds. The number of aryl methyl sites for hydroxylation is 1. The van der Waals surface area contributed by atoms with Crippen molar-refractivity contribution in [2.45, 2.75) is 50.0 Å². The van der Waals surface area contributed by atoms with Gasteiger partial charge in [0.1, 0.15) is 5.75 Å². The summed E-state index contributed by atoms with van der Waals surface area (Å²) in [5.74, 6) is 1.70. The van der Waals surface area contributed by atoms with Crippen LogP contribution < -0.4 is 4.74 Å². The molecule has 3 aliphatic rings. The molecule has 3 aromatic rings. The zero-order valence-corrected chi connectivity index (χ0v) is 18.6. The number of nitrogens with zero attached hydrogens (tertiary/aromatic N) is 1. The Morgan fingerprint density at radius 2 is 2.03 bits per heavy atom. The first kappa shape index (κ1) is 19.4. The molecular weight excluding hydrogens is 384 g/mol. The number of ether oxygens (including phenoxy) is 1. The first-order valence-electron chi connectivity index (χ1n) is 11.7. The maximum absolute atomic E-state index is 12.5. The van der Waals surface area contributed by atoms with Gasteiger partial charge in [0.2, 0.25) is 0 Å². The molecule has 0 radical (unpaired) electrons. The Bertz CT molecular complexity index is 1150. The van der Waals surface area contributed by atoms with Crippen LogP contribution in [0.3, 0.4) is 0 Å². The number of benzene rings is 2. The standard InChI is InChI=1S/C27H32N2O2/c1-18-6-9-24-22(12-18)23-14-27(30)17-29(16-19-7-8-19)11-10-26(27,15-25(23)28-24)20-4-3-5-21(13-20)31-2/h3-6,9,12-13,19,28,30H,7-8,10-11,14-17H2,1-2H3. The average Bonchev–Trinajstić information content (AvgIpc) is 3.52. The Morgan fingerprint density at radius 3 is 2.84 bits per heavy atom. The van der Waals surface area contributed by atoms with E-state index in [1.54, 1.807) is 7.11 Å². The van der Waals surface area contributed by atoms with Crippen molar-refractivity contribution in [3.63, 3.8) is 0 Å². The van der Waals surface area contributed by atoms with Gasteiger partial charge in [-0.3, -0.25) is 0 Å². The van der Waals surface area contributed by atoms with E-state index in [4.69, 9.17) is 4.74 Å². The third-order valence-electron chi connectivity index (χ3n) is 8.16. The van der Waals surface area contributed by atoms with Crippen LogP contribution in [0.1, 0.15) is 41.6 Å². The number of hydrogen-bond donors (Lipinski definition) is 2. The van der Waals surface area contributed by atoms with Crippen molar-refractivity contribution in [3.8, 4) is 5.75 Å². The van der Waals surface area contributed by atoms with Crippen LogP contribution in [0.15, 0.2) is 42.5 Å². The lowest BCUT2D eigenvalue weighted by atomic mass is 9.56. The first-order valence-corrected chi connectivity index (χ1v) is 11.7. The largest absolute Gasteiger partial charge is 0.497 e. The number of hydrogen-bond acceptors (Lipinski definition) is 3. The predicted octanol–water partition coefficient (Wildman–Crippen LogP) is 4.37. The summed E-state index contributed by atoms with van der Waals surface area (Å²) in [6.45, 7) is 5.08. The van der Waals surface area contributed by atoms with E-state index in [-0.39, 0.29) is 5.41 Å². The van der Waals surface area contributed by atoms with Crippen molar-refractivity contribution in [1.82, 2.24) is 9.88 Å². The van der Waals surface area contributed by atoms with Gasteiger partial charge in [-0.1, -0.05) is 23.8 Å². The first-order chi connectivity index (χ1) is 15.0. The summed E-state index contributed by atoms with van der Waals surface area (Å²) in [7, 11) is 1.72. The lowest BCUT2D eigenvalue weighted by Crippen LogP contribution is -2.66. The van der Waals surface area contributed by atoms with Gasteiger partial charge in [-0.15, -0.1) is 0 Å². The SMILES string of the molecule is COc1cccc(C23CCN(CC4CC4)CC2(O)Cc2c([nH]c4ccc(C)cc24)C3)c1. The van der Waals surface area contributed by atoms with Gasteiger partial charge in [-0.05, 0) is 74.0 Å². The molecular formula is C27H32N2O2. The summed E-state index contributed by atoms with van der Waals surface area (Å²) < 4.78 is 5.57. The molecule has 2 heterocycles. The van der Waals surface area contributed by atoms with Crippen LogP contribution in [0, 0.1) is 12.8 Å². The summed E-state index contributed by atoms with van der Waals surface area (Å²) in [5, 5.41) is 13.7. The van der Waals surface area contributed by atoms with E-state index < -0.39 is 5.60 Å². The Kier molecular flexibility index (Phi) is 4.28. The quantitative estimate of drug-likeness (QED) is 0.664. The van der Waals surface area contributed by atoms with Crippen LogP contribution in [0.4, 0.5) is 0 Å². The number of rotatable bonds is 4. The fourth-order valence-electron chi connectivity index (χ4n) is 6.28. The van der Waals surface area contributed by atoms with Crippen LogP contribution in [0.5, 0.6) is 5.75 Å². The maximum atomic E-state index is 12.5. The molecule has 2 unspecified atom stereocenters. The van der Waals surface area contributed by atoms with Crippen molar-refractivity contribution < 1.29 is 9.84 Å². The number of piperidine rings is 1. The Balaban J connectivity index is 1.49. The topological polar surface area (TPSA) is 48.5 Å². The monoisotopic (exact) mass is 416 g/mol. The second-order valence-electron chi connectivity index (χ2n) is 10.3. The van der Waals surface area contributed by atoms with Gasteiger partial charge in [-0.2, -0.15) is 0 Å². The molecule has 4 heteroatoms. The number of aromatic nitrogens is 1. The minimum Gasteiger partial charge on any atom is -0.497 e. The number of β-amino-alcohol motifs (C(OH)–C–C–N with tert-alkyl or cyclic N) is 1. The van der Waals surface area contributed by atoms with Gasteiger partial charge in [0.05, 0.1) is 12.7 Å². The predicted molar refractivity (Wildman–Crippen MR) is 124 cm³/mol. The van der Waals surface area contributed by atoms with Crippen LogP contribution >= 0.6 is 0 Å². The summed E-state index contributed by atoms with van der Waals surface area (Å²) in [5.41, 5.74) is 5.18. The Morgan fingerprint density at radius 1 is 1.16 bits per heavy atom. The number of H-pyrrole nitrogens is 1. The fraction of sp³-hybridized carbons (Fsp3) is 0.481. The molecule has 31 heavy (non-hydrogen) atoms. The van der Waals surface area contributed by atoms with Crippen LogP contribution in [0.25, 0.3) is 10.9 Å². The highest BCUT2D eigenvalue weighted by Gasteiger charge is 2.57. The van der Waals surface area contributed by atoms with E-state index in [9.17, 15) is 5.11 Å². The number of methoxy groups -OCH3 is 1. The van der Waals surface area contributed by atoms with E-state index in [0.29, 0.717) is 6.42 Å². The molecule has 0 spiro atoms. The van der Waals surface area contributed by atoms with Crippen LogP contribution in [-0.4, -0.2) is 47.3 Å². The van der Waals surface area contributed by atoms with Crippen LogP contribution in [-0.2, 0) is 18.3 Å². The highest BCUT2D eigenvalue weighted by Crippen LogP contribution is 2.52. The maximum Gasteiger partial charge on any atom is 0.119 e. The van der Waals surface area contributed by atoms with Crippen LogP contribution in [0.2, 0.25) is 0 Å². The van der Waals surface area contributed by atoms with Gasteiger partial charge >= 0.3 is 0 Å². The van der Waals surface area contributed by atoms with E-state index in [1.807, 2.05) is 6.07 Å². The average molecular weight is 417 g/mol. The fourth-order valence-corrected chi connectivity index (χ4v) is 6.28. The molecule has 1 saturated carbocycles. The number of nitrogens with one attached hydrogen (secondary N) is 1. The molecule has 4 nitrogen and oxygen atoms in total. The minimum absolute atomic E-state index is 0.301. The second kappa shape index (κ2) is 6.85. The van der Waals surface area contributed by atoms with Crippen molar-refractivity contribution in [3.05, 3.63) is 64.8 Å². The van der Waals surface area contributed by atoms with Gasteiger partial charge in [0.25, 0.3) is 0 Å². The molecule has 2 aromatic carbocycles. The number of aromatic amines is 1. The molecule has 2 aliphatic carbocycles. The second-order valence-corrected chi connectivity index (χ2v) is 10.3. The Hall–Kier alpha value is -2.30. The molecule has 0 bridgehead atoms. The van der Waals surface area contributed by atoms with Crippen molar-refractivity contribution >= 4 is 10.9 Å². The zero-order chi connectivity index (χ0) is 21.2. The van der Waals surface area contributed by atoms with Gasteiger partial charge < -0.3 is 19.7 Å². The third-order valence-corrected chi connectivity index (χ3v) is 8.16. The molecule has 1 aromatic heterocycles. The highest BCUT2D eigenvalue weighted by molar-refractivity contribution is 5.86. The highest BCUT2D eigenvalue weighted by atomic mass is 16.5. The third kappa shape index (κ3) is 3.03. The molecule has 2 atom stereocenters. The van der Waals surface area contributed by atoms with E-state index in [2.05, 4.69) is 53.2 Å². The van der Waals surface area contributed by atoms with Crippen molar-refractivity contribution in [2.24, 2.45) is 5.92 Å². The number of aliphatic hydroxyl groups is 1. The van der Waals surface area contributed by atoms with E-state index in [1.165, 1.54) is 46.1 Å². The zero-order valence-electron chi connectivity index (χ0n) is 18.6. The molecule has 2 fully saturated rings. The molecule has 6 rings (SSSR count). The summed E-state index contributed by atoms with van der Waals surface area (Å²) in [6, 6.07) is 15.1. The van der Waals surface area contributed by atoms with E-state index in [0.717, 1.165) is 44.1 Å². The molecule has 162 valence electrons. The number of fused-ring (bicyclic) bond motifs is 4. The summed E-state index contributed by atoms with van der Waals surface area (Å²) in [4.78, 5) is 6.24. The van der Waals surface area contributed by atoms with Gasteiger partial charge in [0, 0.05) is 47.9 Å². The lowest BCUT2D eigenvalue weighted by Gasteiger charge is -2.56. The van der Waals surface area contributed by atoms with E-state index >= 15 is 0 Å². The normalized spacial score (nSPS) is 28.4. The molecule has 1 saturated heterocycles.